The maximum absolute atomic E-state index is 11.8. The van der Waals surface area contributed by atoms with Crippen LogP contribution in [0.15, 0.2) is 41.3 Å². The van der Waals surface area contributed by atoms with Crippen LogP contribution in [0.2, 0.25) is 15.1 Å². The molecule has 2 rings (SSSR count). The number of thiol groups is 1. The van der Waals surface area contributed by atoms with E-state index >= 15 is 0 Å². The standard InChI is InChI=1S/C14H10Cl3NO2S/c15-8-5-10(17)12(6-9(8)16)20-7-14(19)18-11-3-1-2-4-13(11)21/h1-6,21H,7H2,(H,18,19). The van der Waals surface area contributed by atoms with Gasteiger partial charge in [-0.2, -0.15) is 0 Å². The summed E-state index contributed by atoms with van der Waals surface area (Å²) in [5.74, 6) is -0.0426. The summed E-state index contributed by atoms with van der Waals surface area (Å²) >= 11 is 21.9. The van der Waals surface area contributed by atoms with Crippen LogP contribution in [-0.4, -0.2) is 12.5 Å². The minimum absolute atomic E-state index is 0.209. The van der Waals surface area contributed by atoms with Crippen molar-refractivity contribution in [2.75, 3.05) is 11.9 Å². The third-order valence-electron chi connectivity index (χ3n) is 2.51. The lowest BCUT2D eigenvalue weighted by Gasteiger charge is -2.10. The van der Waals surface area contributed by atoms with Crippen LogP contribution in [0.4, 0.5) is 5.69 Å². The molecule has 1 N–H and O–H groups in total. The first-order chi connectivity index (χ1) is 9.97. The van der Waals surface area contributed by atoms with E-state index in [9.17, 15) is 4.79 Å². The summed E-state index contributed by atoms with van der Waals surface area (Å²) in [5.41, 5.74) is 0.606. The lowest BCUT2D eigenvalue weighted by atomic mass is 10.3. The van der Waals surface area contributed by atoms with Crippen LogP contribution >= 0.6 is 47.4 Å². The maximum Gasteiger partial charge on any atom is 0.262 e. The molecule has 0 aliphatic heterocycles. The average Bonchev–Trinajstić information content (AvgIpc) is 2.44. The Morgan fingerprint density at radius 2 is 1.76 bits per heavy atom. The molecule has 0 aromatic heterocycles. The summed E-state index contributed by atoms with van der Waals surface area (Å²) < 4.78 is 5.33. The highest BCUT2D eigenvalue weighted by atomic mass is 35.5. The first-order valence-electron chi connectivity index (χ1n) is 5.82. The van der Waals surface area contributed by atoms with Gasteiger partial charge >= 0.3 is 0 Å². The quantitative estimate of drug-likeness (QED) is 0.596. The Morgan fingerprint density at radius 3 is 2.48 bits per heavy atom. The van der Waals surface area contributed by atoms with E-state index in [2.05, 4.69) is 17.9 Å². The van der Waals surface area contributed by atoms with Crippen LogP contribution in [0.5, 0.6) is 5.75 Å². The van der Waals surface area contributed by atoms with Gasteiger partial charge in [0.15, 0.2) is 6.61 Å². The minimum atomic E-state index is -0.335. The maximum atomic E-state index is 11.8. The first-order valence-corrected chi connectivity index (χ1v) is 7.40. The lowest BCUT2D eigenvalue weighted by molar-refractivity contribution is -0.118. The third-order valence-corrected chi connectivity index (χ3v) is 3.92. The van der Waals surface area contributed by atoms with Gasteiger partial charge in [0.25, 0.3) is 5.91 Å². The van der Waals surface area contributed by atoms with E-state index in [1.54, 1.807) is 18.2 Å². The van der Waals surface area contributed by atoms with Crippen LogP contribution in [0.25, 0.3) is 0 Å². The van der Waals surface area contributed by atoms with E-state index in [1.165, 1.54) is 12.1 Å². The number of carbonyl (C=O) groups is 1. The van der Waals surface area contributed by atoms with E-state index in [1.807, 2.05) is 6.07 Å². The van der Waals surface area contributed by atoms with Crippen molar-refractivity contribution in [1.82, 2.24) is 0 Å². The van der Waals surface area contributed by atoms with Crippen LogP contribution in [0.3, 0.4) is 0 Å². The molecule has 0 saturated carbocycles. The molecule has 0 atom stereocenters. The fourth-order valence-corrected chi connectivity index (χ4v) is 2.33. The highest BCUT2D eigenvalue weighted by molar-refractivity contribution is 7.80. The van der Waals surface area contributed by atoms with Gasteiger partial charge in [0, 0.05) is 11.0 Å². The Kier molecular flexibility index (Phi) is 5.65. The Morgan fingerprint density at radius 1 is 1.10 bits per heavy atom. The number of anilines is 1. The summed E-state index contributed by atoms with van der Waals surface area (Å²) in [6, 6.07) is 10.1. The Balaban J connectivity index is 1.99. The number of carbonyl (C=O) groups excluding carboxylic acids is 1. The van der Waals surface area contributed by atoms with E-state index in [4.69, 9.17) is 39.5 Å². The molecule has 110 valence electrons. The fourth-order valence-electron chi connectivity index (χ4n) is 1.52. The Labute approximate surface area is 142 Å². The van der Waals surface area contributed by atoms with E-state index in [0.717, 1.165) is 0 Å². The number of nitrogens with one attached hydrogen (secondary N) is 1. The van der Waals surface area contributed by atoms with Crippen molar-refractivity contribution >= 4 is 59.0 Å². The number of ether oxygens (including phenoxy) is 1. The van der Waals surface area contributed by atoms with Gasteiger partial charge in [-0.05, 0) is 18.2 Å². The van der Waals surface area contributed by atoms with Gasteiger partial charge < -0.3 is 10.1 Å². The Bertz CT molecular complexity index is 679. The molecular formula is C14H10Cl3NO2S. The summed E-state index contributed by atoms with van der Waals surface area (Å²) in [7, 11) is 0. The van der Waals surface area contributed by atoms with E-state index in [-0.39, 0.29) is 17.5 Å². The number of para-hydroxylation sites is 1. The molecule has 0 radical (unpaired) electrons. The van der Waals surface area contributed by atoms with Crippen molar-refractivity contribution in [3.63, 3.8) is 0 Å². The smallest absolute Gasteiger partial charge is 0.262 e. The second kappa shape index (κ2) is 7.27. The van der Waals surface area contributed by atoms with Crippen molar-refractivity contribution in [3.05, 3.63) is 51.5 Å². The van der Waals surface area contributed by atoms with Gasteiger partial charge in [0.2, 0.25) is 0 Å². The van der Waals surface area contributed by atoms with Crippen molar-refractivity contribution in [2.24, 2.45) is 0 Å². The normalized spacial score (nSPS) is 10.3. The van der Waals surface area contributed by atoms with Crippen LogP contribution in [-0.2, 0) is 4.79 Å². The van der Waals surface area contributed by atoms with Gasteiger partial charge in [-0.3, -0.25) is 4.79 Å². The Hall–Kier alpha value is -1.07. The molecule has 0 aliphatic rings. The molecule has 0 fully saturated rings. The molecule has 0 bridgehead atoms. The summed E-state index contributed by atoms with van der Waals surface area (Å²) in [5, 5.41) is 3.59. The third kappa shape index (κ3) is 4.45. The number of amides is 1. The van der Waals surface area contributed by atoms with Crippen LogP contribution in [0.1, 0.15) is 0 Å². The van der Waals surface area contributed by atoms with Gasteiger partial charge in [-0.15, -0.1) is 12.6 Å². The molecule has 0 spiro atoms. The average molecular weight is 363 g/mol. The molecule has 7 heteroatoms. The van der Waals surface area contributed by atoms with Gasteiger partial charge in [-0.1, -0.05) is 46.9 Å². The molecule has 2 aromatic rings. The zero-order chi connectivity index (χ0) is 15.4. The molecule has 2 aromatic carbocycles. The molecule has 0 aliphatic carbocycles. The molecule has 3 nitrogen and oxygen atoms in total. The van der Waals surface area contributed by atoms with E-state index < -0.39 is 0 Å². The van der Waals surface area contributed by atoms with E-state index in [0.29, 0.717) is 26.4 Å². The molecule has 0 heterocycles. The van der Waals surface area contributed by atoms with Gasteiger partial charge in [0.05, 0.1) is 20.8 Å². The highest BCUT2D eigenvalue weighted by Gasteiger charge is 2.10. The number of halogens is 3. The predicted molar refractivity (Wildman–Crippen MR) is 89.3 cm³/mol. The number of rotatable bonds is 4. The number of benzene rings is 2. The second-order valence-corrected chi connectivity index (χ2v) is 5.75. The zero-order valence-electron chi connectivity index (χ0n) is 10.6. The van der Waals surface area contributed by atoms with Crippen molar-refractivity contribution in [2.45, 2.75) is 4.90 Å². The topological polar surface area (TPSA) is 38.3 Å². The molecule has 1 amide bonds. The lowest BCUT2D eigenvalue weighted by Crippen LogP contribution is -2.20. The zero-order valence-corrected chi connectivity index (χ0v) is 13.7. The monoisotopic (exact) mass is 361 g/mol. The predicted octanol–water partition coefficient (Wildman–Crippen LogP) is 4.95. The first kappa shape index (κ1) is 16.3. The largest absolute Gasteiger partial charge is 0.482 e. The summed E-state index contributed by atoms with van der Waals surface area (Å²) in [6.07, 6.45) is 0. The number of hydrogen-bond acceptors (Lipinski definition) is 3. The molecular weight excluding hydrogens is 353 g/mol. The number of hydrogen-bond donors (Lipinski definition) is 2. The summed E-state index contributed by atoms with van der Waals surface area (Å²) in [4.78, 5) is 12.5. The highest BCUT2D eigenvalue weighted by Crippen LogP contribution is 2.33. The van der Waals surface area contributed by atoms with Crippen molar-refractivity contribution in [3.8, 4) is 5.75 Å². The SMILES string of the molecule is O=C(COc1cc(Cl)c(Cl)cc1Cl)Nc1ccccc1S. The van der Waals surface area contributed by atoms with Crippen molar-refractivity contribution < 1.29 is 9.53 Å². The van der Waals surface area contributed by atoms with Crippen LogP contribution < -0.4 is 10.1 Å². The van der Waals surface area contributed by atoms with Crippen molar-refractivity contribution in [1.29, 1.82) is 0 Å². The molecule has 0 saturated heterocycles. The minimum Gasteiger partial charge on any atom is -0.482 e. The second-order valence-electron chi connectivity index (χ2n) is 4.05. The summed E-state index contributed by atoms with van der Waals surface area (Å²) in [6.45, 7) is -0.209. The van der Waals surface area contributed by atoms with Gasteiger partial charge in [0.1, 0.15) is 5.75 Å². The van der Waals surface area contributed by atoms with Crippen LogP contribution in [0, 0.1) is 0 Å². The molecule has 0 unspecified atom stereocenters. The fraction of sp³-hybridized carbons (Fsp3) is 0.0714. The van der Waals surface area contributed by atoms with Gasteiger partial charge in [-0.25, -0.2) is 0 Å². The molecule has 21 heavy (non-hydrogen) atoms.